The quantitative estimate of drug-likeness (QED) is 0.864. The van der Waals surface area contributed by atoms with Gasteiger partial charge >= 0.3 is 5.97 Å². The molecule has 0 aliphatic rings. The molecule has 0 amide bonds. The minimum absolute atomic E-state index is 0.0865. The maximum absolute atomic E-state index is 12.8. The van der Waals surface area contributed by atoms with Gasteiger partial charge in [-0.25, -0.2) is 8.78 Å². The molecule has 0 aliphatic heterocycles. The summed E-state index contributed by atoms with van der Waals surface area (Å²) in [7, 11) is 1.23. The molecular formula is C10H11BrF2N2O2. The number of nitrogens with two attached hydrogens (primary N) is 1. The Bertz CT molecular complexity index is 427. The van der Waals surface area contributed by atoms with Crippen molar-refractivity contribution in [1.82, 2.24) is 4.98 Å². The van der Waals surface area contributed by atoms with Crippen molar-refractivity contribution < 1.29 is 18.3 Å². The molecule has 1 rings (SSSR count). The van der Waals surface area contributed by atoms with Gasteiger partial charge in [0.1, 0.15) is 0 Å². The van der Waals surface area contributed by atoms with Crippen molar-refractivity contribution >= 4 is 21.9 Å². The first-order valence-corrected chi connectivity index (χ1v) is 5.51. The average molecular weight is 309 g/mol. The van der Waals surface area contributed by atoms with Crippen LogP contribution in [0.5, 0.6) is 0 Å². The van der Waals surface area contributed by atoms with Gasteiger partial charge in [-0.3, -0.25) is 9.78 Å². The van der Waals surface area contributed by atoms with Crippen LogP contribution in [-0.2, 0) is 22.5 Å². The number of methoxy groups -OCH3 is 1. The number of esters is 1. The summed E-state index contributed by atoms with van der Waals surface area (Å²) in [6, 6.07) is 0. The van der Waals surface area contributed by atoms with E-state index >= 15 is 0 Å². The highest BCUT2D eigenvalue weighted by Gasteiger charge is 2.21. The normalized spacial score (nSPS) is 10.7. The van der Waals surface area contributed by atoms with Crippen LogP contribution in [0.25, 0.3) is 0 Å². The molecule has 1 heterocycles. The Morgan fingerprint density at radius 1 is 1.65 bits per heavy atom. The van der Waals surface area contributed by atoms with Crippen molar-refractivity contribution in [3.8, 4) is 0 Å². The zero-order chi connectivity index (χ0) is 13.0. The Morgan fingerprint density at radius 3 is 2.76 bits per heavy atom. The molecule has 0 aromatic carbocycles. The fraction of sp³-hybridized carbons (Fsp3) is 0.400. The smallest absolute Gasteiger partial charge is 0.310 e. The Kier molecular flexibility index (Phi) is 4.95. The molecule has 17 heavy (non-hydrogen) atoms. The third-order valence-electron chi connectivity index (χ3n) is 2.18. The number of alkyl halides is 2. The van der Waals surface area contributed by atoms with E-state index in [4.69, 9.17) is 5.73 Å². The molecule has 0 radical (unpaired) electrons. The van der Waals surface area contributed by atoms with Gasteiger partial charge in [-0.2, -0.15) is 0 Å². The predicted molar refractivity (Wildman–Crippen MR) is 60.5 cm³/mol. The third kappa shape index (κ3) is 3.19. The van der Waals surface area contributed by atoms with Crippen LogP contribution in [0.3, 0.4) is 0 Å². The highest BCUT2D eigenvalue weighted by atomic mass is 79.9. The number of nitrogens with zero attached hydrogens (tertiary/aromatic N) is 1. The van der Waals surface area contributed by atoms with E-state index in [1.807, 2.05) is 0 Å². The molecule has 0 aliphatic carbocycles. The summed E-state index contributed by atoms with van der Waals surface area (Å²) in [6.07, 6.45) is -1.47. The molecule has 0 spiro atoms. The minimum Gasteiger partial charge on any atom is -0.469 e. The molecular weight excluding hydrogens is 298 g/mol. The van der Waals surface area contributed by atoms with Crippen LogP contribution in [-0.4, -0.2) is 18.1 Å². The van der Waals surface area contributed by atoms with Crippen molar-refractivity contribution in [2.45, 2.75) is 19.4 Å². The van der Waals surface area contributed by atoms with E-state index < -0.39 is 12.4 Å². The first kappa shape index (κ1) is 14.0. The number of hydrogen-bond acceptors (Lipinski definition) is 4. The highest BCUT2D eigenvalue weighted by Crippen LogP contribution is 2.32. The number of aromatic nitrogens is 1. The molecule has 7 heteroatoms. The number of hydrogen-bond donors (Lipinski definition) is 1. The van der Waals surface area contributed by atoms with Gasteiger partial charge < -0.3 is 10.5 Å². The maximum atomic E-state index is 12.8. The summed E-state index contributed by atoms with van der Waals surface area (Å²) in [5.74, 6) is -0.520. The van der Waals surface area contributed by atoms with E-state index in [0.29, 0.717) is 5.56 Å². The highest BCUT2D eigenvalue weighted by molar-refractivity contribution is 9.10. The lowest BCUT2D eigenvalue weighted by Gasteiger charge is -2.12. The number of ether oxygens (including phenoxy) is 1. The average Bonchev–Trinajstić information content (AvgIpc) is 2.30. The van der Waals surface area contributed by atoms with Gasteiger partial charge in [-0.1, -0.05) is 0 Å². The number of carbonyl (C=O) groups is 1. The fourth-order valence-corrected chi connectivity index (χ4v) is 1.96. The van der Waals surface area contributed by atoms with Crippen LogP contribution in [0.15, 0.2) is 10.7 Å². The molecule has 4 nitrogen and oxygen atoms in total. The van der Waals surface area contributed by atoms with Crippen molar-refractivity contribution in [2.24, 2.45) is 5.73 Å². The van der Waals surface area contributed by atoms with Crippen LogP contribution in [0.1, 0.15) is 23.2 Å². The molecule has 1 aromatic heterocycles. The largest absolute Gasteiger partial charge is 0.469 e. The summed E-state index contributed by atoms with van der Waals surface area (Å²) in [5.41, 5.74) is 5.52. The van der Waals surface area contributed by atoms with Gasteiger partial charge in [0.2, 0.25) is 0 Å². The zero-order valence-electron chi connectivity index (χ0n) is 9.04. The second kappa shape index (κ2) is 6.02. The molecule has 0 atom stereocenters. The van der Waals surface area contributed by atoms with Gasteiger partial charge in [0.05, 0.1) is 24.8 Å². The summed E-state index contributed by atoms with van der Waals surface area (Å²) < 4.78 is 30.3. The van der Waals surface area contributed by atoms with E-state index in [1.54, 1.807) is 0 Å². The SMILES string of the molecule is COC(=O)Cc1cnc(CN)c(C(F)F)c1Br. The monoisotopic (exact) mass is 308 g/mol. The molecule has 0 bridgehead atoms. The van der Waals surface area contributed by atoms with E-state index in [9.17, 15) is 13.6 Å². The molecule has 0 unspecified atom stereocenters. The van der Waals surface area contributed by atoms with E-state index in [1.165, 1.54) is 13.3 Å². The molecule has 1 aromatic rings. The van der Waals surface area contributed by atoms with Crippen molar-refractivity contribution in [3.05, 3.63) is 27.5 Å². The third-order valence-corrected chi connectivity index (χ3v) is 3.12. The second-order valence-electron chi connectivity index (χ2n) is 3.22. The zero-order valence-corrected chi connectivity index (χ0v) is 10.6. The number of pyridine rings is 1. The lowest BCUT2D eigenvalue weighted by atomic mass is 10.1. The second-order valence-corrected chi connectivity index (χ2v) is 4.01. The standard InChI is InChI=1S/C10H11BrF2N2O2/c1-17-7(16)2-5-4-15-6(3-14)8(9(5)11)10(12)13/h4,10H,2-3,14H2,1H3. The van der Waals surface area contributed by atoms with Crippen LogP contribution in [0.4, 0.5) is 8.78 Å². The van der Waals surface area contributed by atoms with Crippen LogP contribution in [0.2, 0.25) is 0 Å². The summed E-state index contributed by atoms with van der Waals surface area (Å²) >= 11 is 3.05. The maximum Gasteiger partial charge on any atom is 0.310 e. The fourth-order valence-electron chi connectivity index (χ4n) is 1.32. The summed E-state index contributed by atoms with van der Waals surface area (Å²) in [5, 5.41) is 0. The molecule has 0 saturated carbocycles. The van der Waals surface area contributed by atoms with E-state index in [2.05, 4.69) is 25.7 Å². The van der Waals surface area contributed by atoms with Gasteiger partial charge in [0, 0.05) is 17.2 Å². The molecule has 0 saturated heterocycles. The Morgan fingerprint density at radius 2 is 2.29 bits per heavy atom. The van der Waals surface area contributed by atoms with Crippen molar-refractivity contribution in [1.29, 1.82) is 0 Å². The number of carbonyl (C=O) groups excluding carboxylic acids is 1. The number of rotatable bonds is 4. The first-order chi connectivity index (χ1) is 8.01. The first-order valence-electron chi connectivity index (χ1n) is 4.72. The number of halogens is 3. The van der Waals surface area contributed by atoms with Gasteiger partial charge in [-0.05, 0) is 21.5 Å². The predicted octanol–water partition coefficient (Wildman–Crippen LogP) is 1.96. The summed E-state index contributed by atoms with van der Waals surface area (Å²) in [6.45, 7) is -0.0865. The lowest BCUT2D eigenvalue weighted by molar-refractivity contribution is -0.139. The van der Waals surface area contributed by atoms with E-state index in [-0.39, 0.29) is 28.7 Å². The van der Waals surface area contributed by atoms with E-state index in [0.717, 1.165) is 0 Å². The van der Waals surface area contributed by atoms with Crippen LogP contribution in [0, 0.1) is 0 Å². The lowest BCUT2D eigenvalue weighted by Crippen LogP contribution is -2.11. The van der Waals surface area contributed by atoms with Gasteiger partial charge in [-0.15, -0.1) is 0 Å². The topological polar surface area (TPSA) is 65.2 Å². The van der Waals surface area contributed by atoms with Crippen molar-refractivity contribution in [3.63, 3.8) is 0 Å². The van der Waals surface area contributed by atoms with Crippen molar-refractivity contribution in [2.75, 3.05) is 7.11 Å². The minimum atomic E-state index is -2.70. The molecule has 2 N–H and O–H groups in total. The molecule has 94 valence electrons. The Hall–Kier alpha value is -1.08. The summed E-state index contributed by atoms with van der Waals surface area (Å²) in [4.78, 5) is 14.9. The molecule has 0 fully saturated rings. The van der Waals surface area contributed by atoms with Crippen LogP contribution < -0.4 is 5.73 Å². The van der Waals surface area contributed by atoms with Gasteiger partial charge in [0.15, 0.2) is 0 Å². The van der Waals surface area contributed by atoms with Crippen LogP contribution >= 0.6 is 15.9 Å². The Balaban J connectivity index is 3.18. The Labute approximate surface area is 105 Å². The van der Waals surface area contributed by atoms with Gasteiger partial charge in [0.25, 0.3) is 6.43 Å².